The van der Waals surface area contributed by atoms with Crippen LogP contribution in [0.2, 0.25) is 0 Å². The van der Waals surface area contributed by atoms with Crippen LogP contribution in [0, 0.1) is 24.7 Å². The molecule has 0 aliphatic rings. The summed E-state index contributed by atoms with van der Waals surface area (Å²) in [5, 5.41) is 0. The van der Waals surface area contributed by atoms with Crippen LogP contribution >= 0.6 is 45.3 Å². The van der Waals surface area contributed by atoms with E-state index in [1.54, 1.807) is 22.7 Å². The lowest BCUT2D eigenvalue weighted by molar-refractivity contribution is 0.609. The van der Waals surface area contributed by atoms with Crippen molar-refractivity contribution in [1.82, 2.24) is 0 Å². The summed E-state index contributed by atoms with van der Waals surface area (Å²) >= 11 is 7.47. The molecule has 0 spiro atoms. The van der Waals surface area contributed by atoms with E-state index in [-0.39, 0.29) is 0 Å². The van der Waals surface area contributed by atoms with Gasteiger partial charge in [0.2, 0.25) is 0 Å². The molecule has 0 radical (unpaired) electrons. The van der Waals surface area contributed by atoms with E-state index in [0.717, 1.165) is 22.3 Å². The molecule has 0 amide bonds. The molecule has 5 rings (SSSR count). The normalized spacial score (nSPS) is 11.1. The topological polar surface area (TPSA) is 0 Å². The van der Waals surface area contributed by atoms with E-state index in [0.29, 0.717) is 0 Å². The van der Waals surface area contributed by atoms with E-state index < -0.39 is 0 Å². The molecule has 4 heteroatoms. The highest BCUT2D eigenvalue weighted by Gasteiger charge is 2.17. The van der Waals surface area contributed by atoms with Gasteiger partial charge < -0.3 is 0 Å². The molecule has 5 aromatic rings. The van der Waals surface area contributed by atoms with Crippen LogP contribution in [0.15, 0.2) is 60.7 Å². The Morgan fingerprint density at radius 3 is 1.17 bits per heavy atom. The van der Waals surface area contributed by atoms with Gasteiger partial charge in [-0.15, -0.1) is 58.2 Å². The smallest absolute Gasteiger partial charge is 0.0492 e. The summed E-state index contributed by atoms with van der Waals surface area (Å²) in [6, 6.07) is 22.4. The predicted octanol–water partition coefficient (Wildman–Crippen LogP) is 14.4. The summed E-state index contributed by atoms with van der Waals surface area (Å²) in [6.45, 7) is 4.55. The number of aryl methyl sites for hydroxylation is 2. The number of rotatable bonds is 18. The fraction of sp³-hybridized carbons (Fsp3) is 0.381. The first-order chi connectivity index (χ1) is 22.6. The number of terminal acetylenes is 2. The zero-order chi connectivity index (χ0) is 32.1. The fourth-order valence-electron chi connectivity index (χ4n) is 5.99. The van der Waals surface area contributed by atoms with Crippen LogP contribution in [0.4, 0.5) is 0 Å². The van der Waals surface area contributed by atoms with Gasteiger partial charge in [0.25, 0.3) is 0 Å². The van der Waals surface area contributed by atoms with Crippen molar-refractivity contribution in [2.24, 2.45) is 0 Å². The first kappa shape index (κ1) is 34.5. The summed E-state index contributed by atoms with van der Waals surface area (Å²) in [7, 11) is 0. The van der Waals surface area contributed by atoms with Crippen LogP contribution in [0.25, 0.3) is 40.4 Å². The highest BCUT2D eigenvalue weighted by Crippen LogP contribution is 2.43. The number of thiophene rings is 4. The van der Waals surface area contributed by atoms with Crippen molar-refractivity contribution in [2.45, 2.75) is 104 Å². The molecule has 1 aromatic carbocycles. The van der Waals surface area contributed by atoms with Gasteiger partial charge in [-0.3, -0.25) is 0 Å². The Labute approximate surface area is 294 Å². The second-order valence-corrected chi connectivity index (χ2v) is 16.6. The zero-order valence-electron chi connectivity index (χ0n) is 27.5. The summed E-state index contributed by atoms with van der Waals surface area (Å²) in [4.78, 5) is 10.6. The van der Waals surface area contributed by atoms with Crippen molar-refractivity contribution in [3.63, 3.8) is 0 Å². The molecule has 0 unspecified atom stereocenters. The molecule has 0 nitrogen and oxygen atoms in total. The Bertz CT molecular complexity index is 1630. The number of hydrogen-bond donors (Lipinski definition) is 0. The van der Waals surface area contributed by atoms with Crippen LogP contribution in [0.5, 0.6) is 0 Å². The van der Waals surface area contributed by atoms with Crippen molar-refractivity contribution in [3.05, 3.63) is 81.5 Å². The van der Waals surface area contributed by atoms with Gasteiger partial charge in [0.1, 0.15) is 0 Å². The minimum Gasteiger partial charge on any atom is -0.139 e. The molecule has 0 bridgehead atoms. The molecule has 0 fully saturated rings. The van der Waals surface area contributed by atoms with E-state index >= 15 is 0 Å². The molecular weight excluding hydrogens is 633 g/mol. The number of hydrogen-bond acceptors (Lipinski definition) is 4. The standard InChI is InChI=1S/C42H46S4/c1-5-9-11-13-15-17-19-31-21-25-39(43-31)41-29-27-37(45-41)35-23-24-36(34(8-4)33(35)7-3)38-28-30-42(46-38)40-26-22-32(44-40)20-18-16-14-12-10-6-2/h3-4,21-30H,5-6,9-20H2,1-2H3. The summed E-state index contributed by atoms with van der Waals surface area (Å²) in [5.74, 6) is 5.94. The molecule has 0 aliphatic heterocycles. The third-order valence-electron chi connectivity index (χ3n) is 8.60. The fourth-order valence-corrected chi connectivity index (χ4v) is 10.3. The van der Waals surface area contributed by atoms with Crippen LogP contribution in [0.1, 0.15) is 112 Å². The summed E-state index contributed by atoms with van der Waals surface area (Å²) in [6.07, 6.45) is 30.7. The maximum atomic E-state index is 6.16. The van der Waals surface area contributed by atoms with Gasteiger partial charge in [-0.2, -0.15) is 0 Å². The molecule has 46 heavy (non-hydrogen) atoms. The monoisotopic (exact) mass is 678 g/mol. The van der Waals surface area contributed by atoms with E-state index in [9.17, 15) is 0 Å². The lowest BCUT2D eigenvalue weighted by Crippen LogP contribution is -1.92. The second-order valence-electron chi connectivity index (χ2n) is 12.1. The van der Waals surface area contributed by atoms with Crippen molar-refractivity contribution in [3.8, 4) is 65.1 Å². The maximum Gasteiger partial charge on any atom is 0.0492 e. The Balaban J connectivity index is 1.27. The maximum absolute atomic E-state index is 6.16. The molecule has 0 N–H and O–H groups in total. The number of benzene rings is 1. The molecule has 4 heterocycles. The van der Waals surface area contributed by atoms with E-state index in [4.69, 9.17) is 12.8 Å². The SMILES string of the molecule is C#Cc1c(-c2ccc(-c3ccc(CCCCCCCC)s3)s2)ccc(-c2ccc(-c3ccc(CCCCCCCC)s3)s2)c1C#C. The van der Waals surface area contributed by atoms with Crippen molar-refractivity contribution in [1.29, 1.82) is 0 Å². The van der Waals surface area contributed by atoms with Crippen LogP contribution in [-0.4, -0.2) is 0 Å². The van der Waals surface area contributed by atoms with Gasteiger partial charge in [-0.1, -0.05) is 102 Å². The largest absolute Gasteiger partial charge is 0.139 e. The predicted molar refractivity (Wildman–Crippen MR) is 210 cm³/mol. The molecule has 238 valence electrons. The second kappa shape index (κ2) is 17.9. The van der Waals surface area contributed by atoms with Crippen LogP contribution in [0.3, 0.4) is 0 Å². The highest BCUT2D eigenvalue weighted by molar-refractivity contribution is 7.24. The van der Waals surface area contributed by atoms with Crippen LogP contribution in [-0.2, 0) is 12.8 Å². The molecular formula is C42H46S4. The van der Waals surface area contributed by atoms with Crippen molar-refractivity contribution >= 4 is 45.3 Å². The quantitative estimate of drug-likeness (QED) is 0.0639. The third kappa shape index (κ3) is 8.93. The van der Waals surface area contributed by atoms with E-state index in [1.807, 2.05) is 22.7 Å². The average Bonchev–Trinajstić information content (AvgIpc) is 3.90. The lowest BCUT2D eigenvalue weighted by Gasteiger charge is -2.10. The lowest BCUT2D eigenvalue weighted by atomic mass is 9.95. The minimum atomic E-state index is 0.815. The highest BCUT2D eigenvalue weighted by atomic mass is 32.1. The average molecular weight is 679 g/mol. The summed E-state index contributed by atoms with van der Waals surface area (Å²) < 4.78 is 0. The van der Waals surface area contributed by atoms with Gasteiger partial charge in [-0.25, -0.2) is 0 Å². The Morgan fingerprint density at radius 1 is 0.413 bits per heavy atom. The van der Waals surface area contributed by atoms with Gasteiger partial charge in [0, 0.05) is 61.3 Å². The molecule has 0 saturated carbocycles. The van der Waals surface area contributed by atoms with E-state index in [2.05, 4.69) is 86.4 Å². The Morgan fingerprint density at radius 2 is 0.761 bits per heavy atom. The van der Waals surface area contributed by atoms with Crippen LogP contribution < -0.4 is 0 Å². The Hall–Kier alpha value is -2.86. The van der Waals surface area contributed by atoms with Gasteiger partial charge >= 0.3 is 0 Å². The first-order valence-electron chi connectivity index (χ1n) is 17.1. The van der Waals surface area contributed by atoms with Crippen molar-refractivity contribution < 1.29 is 0 Å². The Kier molecular flexibility index (Phi) is 13.4. The molecule has 0 aliphatic carbocycles. The van der Waals surface area contributed by atoms with E-state index in [1.165, 1.54) is 129 Å². The summed E-state index contributed by atoms with van der Waals surface area (Å²) in [5.41, 5.74) is 3.73. The molecule has 0 atom stereocenters. The first-order valence-corrected chi connectivity index (χ1v) is 20.4. The number of unbranched alkanes of at least 4 members (excludes halogenated alkanes) is 10. The van der Waals surface area contributed by atoms with Crippen molar-refractivity contribution in [2.75, 3.05) is 0 Å². The van der Waals surface area contributed by atoms with Gasteiger partial charge in [-0.05, 0) is 74.2 Å². The van der Waals surface area contributed by atoms with Gasteiger partial charge in [0.05, 0.1) is 0 Å². The molecule has 0 saturated heterocycles. The zero-order valence-corrected chi connectivity index (χ0v) is 30.7. The minimum absolute atomic E-state index is 0.815. The third-order valence-corrected chi connectivity index (χ3v) is 13.5. The molecule has 4 aromatic heterocycles. The van der Waals surface area contributed by atoms with Gasteiger partial charge in [0.15, 0.2) is 0 Å².